The third kappa shape index (κ3) is 4.57. The quantitative estimate of drug-likeness (QED) is 0.206. The Hall–Kier alpha value is -0.836. The molecule has 0 unspecified atom stereocenters. The molecule has 4 nitrogen and oxygen atoms in total. The van der Waals surface area contributed by atoms with Crippen LogP contribution in [0.25, 0.3) is 5.43 Å². The van der Waals surface area contributed by atoms with Crippen LogP contribution in [0, 0.1) is 11.8 Å². The molecule has 6 heteroatoms. The van der Waals surface area contributed by atoms with Gasteiger partial charge in [0.1, 0.15) is 0 Å². The van der Waals surface area contributed by atoms with Gasteiger partial charge in [-0.3, -0.25) is 4.98 Å². The molecule has 0 spiro atoms. The summed E-state index contributed by atoms with van der Waals surface area (Å²) in [6, 6.07) is 5.73. The van der Waals surface area contributed by atoms with Crippen molar-refractivity contribution in [2.45, 2.75) is 25.7 Å². The Labute approximate surface area is 141 Å². The number of fused-ring (bicyclic) bond motifs is 4. The van der Waals surface area contributed by atoms with Crippen LogP contribution >= 0.6 is 0 Å². The summed E-state index contributed by atoms with van der Waals surface area (Å²) in [7, 11) is 0. The SMILES string of the molecule is [Ni+2].[SH+]=C([N-]N=Cc1ccccn1)N1CC2CCC(CC2)C1. The second-order valence-electron chi connectivity index (χ2n) is 5.69. The van der Waals surface area contributed by atoms with Crippen molar-refractivity contribution < 1.29 is 16.5 Å². The van der Waals surface area contributed by atoms with Crippen LogP contribution in [-0.4, -0.2) is 34.3 Å². The van der Waals surface area contributed by atoms with Crippen molar-refractivity contribution in [2.75, 3.05) is 13.1 Å². The van der Waals surface area contributed by atoms with Gasteiger partial charge in [-0.2, -0.15) is 0 Å². The zero-order valence-corrected chi connectivity index (χ0v) is 13.7. The fourth-order valence-electron chi connectivity index (χ4n) is 3.11. The van der Waals surface area contributed by atoms with Crippen molar-refractivity contribution in [1.29, 1.82) is 0 Å². The first kappa shape index (κ1) is 16.5. The normalized spacial score (nSPS) is 25.3. The second kappa shape index (κ2) is 7.97. The molecule has 0 amide bonds. The van der Waals surface area contributed by atoms with Crippen LogP contribution in [-0.2, 0) is 28.7 Å². The molecular formula is C15H20N4NiS+2. The van der Waals surface area contributed by atoms with Crippen LogP contribution in [0.1, 0.15) is 31.4 Å². The molecule has 2 saturated heterocycles. The average Bonchev–Trinajstić information content (AvgIpc) is 2.82. The van der Waals surface area contributed by atoms with Crippen LogP contribution in [0.2, 0.25) is 0 Å². The van der Waals surface area contributed by atoms with Crippen molar-refractivity contribution in [2.24, 2.45) is 16.9 Å². The smallest absolute Gasteiger partial charge is 0.515 e. The minimum atomic E-state index is 0. The van der Waals surface area contributed by atoms with Crippen molar-refractivity contribution >= 4 is 23.5 Å². The maximum absolute atomic E-state index is 4.52. The van der Waals surface area contributed by atoms with E-state index in [1.807, 2.05) is 18.2 Å². The van der Waals surface area contributed by atoms with E-state index >= 15 is 0 Å². The van der Waals surface area contributed by atoms with Crippen molar-refractivity contribution in [1.82, 2.24) is 9.88 Å². The Morgan fingerprint density at radius 3 is 2.48 bits per heavy atom. The Bertz CT molecular complexity index is 472. The van der Waals surface area contributed by atoms with Gasteiger partial charge in [-0.05, 0) is 49.7 Å². The van der Waals surface area contributed by atoms with E-state index in [-0.39, 0.29) is 16.5 Å². The summed E-state index contributed by atoms with van der Waals surface area (Å²) in [5, 5.41) is 4.83. The monoisotopic (exact) mass is 346 g/mol. The van der Waals surface area contributed by atoms with E-state index in [0.29, 0.717) is 0 Å². The van der Waals surface area contributed by atoms with E-state index in [4.69, 9.17) is 0 Å². The molecule has 0 N–H and O–H groups in total. The van der Waals surface area contributed by atoms with Gasteiger partial charge >= 0.3 is 16.5 Å². The molecule has 1 aromatic heterocycles. The molecule has 0 atom stereocenters. The molecule has 3 fully saturated rings. The molecule has 3 heterocycles. The molecule has 21 heavy (non-hydrogen) atoms. The van der Waals surface area contributed by atoms with Gasteiger partial charge in [-0.15, -0.1) is 0 Å². The van der Waals surface area contributed by atoms with E-state index in [1.165, 1.54) is 25.7 Å². The maximum atomic E-state index is 4.52. The molecule has 0 aromatic carbocycles. The van der Waals surface area contributed by atoms with E-state index in [0.717, 1.165) is 35.7 Å². The zero-order valence-electron chi connectivity index (χ0n) is 11.8. The van der Waals surface area contributed by atoms with Gasteiger partial charge in [0.05, 0.1) is 5.69 Å². The van der Waals surface area contributed by atoms with Gasteiger partial charge < -0.3 is 10.5 Å². The number of aromatic nitrogens is 1. The summed E-state index contributed by atoms with van der Waals surface area (Å²) < 4.78 is 0. The summed E-state index contributed by atoms with van der Waals surface area (Å²) in [5.74, 6) is 1.62. The van der Waals surface area contributed by atoms with Crippen LogP contribution in [0.15, 0.2) is 29.5 Å². The third-order valence-electron chi connectivity index (χ3n) is 4.23. The molecule has 114 valence electrons. The molecule has 2 aliphatic heterocycles. The van der Waals surface area contributed by atoms with E-state index < -0.39 is 0 Å². The third-order valence-corrected chi connectivity index (χ3v) is 4.60. The van der Waals surface area contributed by atoms with E-state index in [2.05, 4.69) is 32.6 Å². The number of hydrogen-bond donors (Lipinski definition) is 0. The molecule has 1 saturated carbocycles. The Morgan fingerprint density at radius 2 is 1.90 bits per heavy atom. The summed E-state index contributed by atoms with van der Waals surface area (Å²) in [6.07, 6.45) is 8.86. The summed E-state index contributed by atoms with van der Waals surface area (Å²) in [4.78, 5) is 6.47. The van der Waals surface area contributed by atoms with Gasteiger partial charge in [0, 0.05) is 25.5 Å². The minimum absolute atomic E-state index is 0. The van der Waals surface area contributed by atoms with E-state index in [9.17, 15) is 0 Å². The molecule has 0 radical (unpaired) electrons. The first-order valence-corrected chi connectivity index (χ1v) is 7.72. The first-order valence-electron chi connectivity index (χ1n) is 7.27. The molecule has 1 aliphatic carbocycles. The molecular weight excluding hydrogens is 327 g/mol. The van der Waals surface area contributed by atoms with Crippen LogP contribution in [0.3, 0.4) is 0 Å². The number of nitrogens with zero attached hydrogens (tertiary/aromatic N) is 4. The summed E-state index contributed by atoms with van der Waals surface area (Å²) in [6.45, 7) is 2.16. The maximum Gasteiger partial charge on any atom is 2.00 e. The molecule has 3 aliphatic rings. The molecule has 4 rings (SSSR count). The van der Waals surface area contributed by atoms with Gasteiger partial charge in [0.25, 0.3) is 0 Å². The van der Waals surface area contributed by atoms with Gasteiger partial charge in [0.2, 0.25) is 0 Å². The predicted molar refractivity (Wildman–Crippen MR) is 86.0 cm³/mol. The molecule has 2 bridgehead atoms. The van der Waals surface area contributed by atoms with Crippen LogP contribution in [0.4, 0.5) is 0 Å². The zero-order chi connectivity index (χ0) is 13.8. The van der Waals surface area contributed by atoms with Crippen LogP contribution < -0.4 is 0 Å². The average molecular weight is 347 g/mol. The number of rotatable bonds is 2. The minimum Gasteiger partial charge on any atom is -0.515 e. The first-order chi connectivity index (χ1) is 9.81. The number of thiol groups is 1. The Balaban J connectivity index is 0.00000161. The van der Waals surface area contributed by atoms with Crippen molar-refractivity contribution in [3.63, 3.8) is 0 Å². The standard InChI is InChI=1S/C15H20N4S.Ni/c20-15(18-17-9-14-3-1-2-8-16-14)19-10-12-4-5-13(11-19)7-6-12;/h1-3,8-9,12-13H,4-7,10-11H2,(H,16,18,20);/q;+2. The van der Waals surface area contributed by atoms with Crippen LogP contribution in [0.5, 0.6) is 0 Å². The number of hydrogen-bond acceptors (Lipinski definition) is 2. The van der Waals surface area contributed by atoms with Crippen molar-refractivity contribution in [3.05, 3.63) is 35.5 Å². The Kier molecular flexibility index (Phi) is 6.28. The fourth-order valence-corrected chi connectivity index (χ4v) is 3.33. The summed E-state index contributed by atoms with van der Waals surface area (Å²) >= 11 is 4.52. The largest absolute Gasteiger partial charge is 2.00 e. The van der Waals surface area contributed by atoms with E-state index in [1.54, 1.807) is 12.4 Å². The molecule has 1 aromatic rings. The van der Waals surface area contributed by atoms with Gasteiger partial charge in [0.15, 0.2) is 17.3 Å². The summed E-state index contributed by atoms with van der Waals surface area (Å²) in [5.41, 5.74) is 5.03. The van der Waals surface area contributed by atoms with Gasteiger partial charge in [-0.25, -0.2) is 4.90 Å². The fraction of sp³-hybridized carbons (Fsp3) is 0.533. The Morgan fingerprint density at radius 1 is 1.24 bits per heavy atom. The van der Waals surface area contributed by atoms with Gasteiger partial charge in [-0.1, -0.05) is 6.07 Å². The topological polar surface area (TPSA) is 42.6 Å². The number of pyridine rings is 1. The predicted octanol–water partition coefficient (Wildman–Crippen LogP) is 2.28. The second-order valence-corrected chi connectivity index (χ2v) is 6.09. The van der Waals surface area contributed by atoms with Crippen molar-refractivity contribution in [3.8, 4) is 0 Å².